The van der Waals surface area contributed by atoms with E-state index >= 15 is 0 Å². The molecular formula is C15H27NO3S. The summed E-state index contributed by atoms with van der Waals surface area (Å²) in [5.41, 5.74) is 0.0193. The highest BCUT2D eigenvalue weighted by Crippen LogP contribution is 2.35. The van der Waals surface area contributed by atoms with Crippen molar-refractivity contribution in [3.05, 3.63) is 0 Å². The lowest BCUT2D eigenvalue weighted by Gasteiger charge is -2.29. The average Bonchev–Trinajstić information content (AvgIpc) is 2.93. The van der Waals surface area contributed by atoms with Crippen LogP contribution in [0.4, 0.5) is 0 Å². The Kier molecular flexibility index (Phi) is 4.59. The number of ketones is 1. The quantitative estimate of drug-likeness (QED) is 0.802. The normalized spacial score (nSPS) is 29.2. The topological polar surface area (TPSA) is 54.5 Å². The van der Waals surface area contributed by atoms with Crippen LogP contribution in [0.3, 0.4) is 0 Å². The fourth-order valence-corrected chi connectivity index (χ4v) is 5.49. The highest BCUT2D eigenvalue weighted by Gasteiger charge is 2.42. The first-order chi connectivity index (χ1) is 9.21. The van der Waals surface area contributed by atoms with Gasteiger partial charge in [-0.3, -0.25) is 4.79 Å². The molecule has 2 fully saturated rings. The van der Waals surface area contributed by atoms with Crippen LogP contribution in [0.25, 0.3) is 0 Å². The van der Waals surface area contributed by atoms with E-state index in [1.165, 1.54) is 0 Å². The van der Waals surface area contributed by atoms with Crippen LogP contribution in [0.5, 0.6) is 0 Å². The van der Waals surface area contributed by atoms with Crippen LogP contribution in [0.1, 0.15) is 59.3 Å². The lowest BCUT2D eigenvalue weighted by molar-refractivity contribution is -0.121. The Morgan fingerprint density at radius 1 is 1.20 bits per heavy atom. The fraction of sp³-hybridized carbons (Fsp3) is 0.933. The molecule has 4 nitrogen and oxygen atoms in total. The molecule has 1 aliphatic carbocycles. The van der Waals surface area contributed by atoms with Crippen LogP contribution in [0.15, 0.2) is 0 Å². The van der Waals surface area contributed by atoms with Crippen molar-refractivity contribution in [2.24, 2.45) is 11.3 Å². The van der Waals surface area contributed by atoms with E-state index in [1.807, 2.05) is 0 Å². The third kappa shape index (κ3) is 3.61. The van der Waals surface area contributed by atoms with Gasteiger partial charge in [0.05, 0.1) is 5.75 Å². The van der Waals surface area contributed by atoms with Gasteiger partial charge in [-0.15, -0.1) is 0 Å². The third-order valence-electron chi connectivity index (χ3n) is 4.53. The van der Waals surface area contributed by atoms with Crippen molar-refractivity contribution in [1.82, 2.24) is 4.31 Å². The molecule has 0 bridgehead atoms. The maximum atomic E-state index is 12.6. The van der Waals surface area contributed by atoms with Crippen LogP contribution in [-0.2, 0) is 14.8 Å². The number of carbonyl (C=O) groups excluding carboxylic acids is 1. The minimum absolute atomic E-state index is 0.0193. The Morgan fingerprint density at radius 3 is 2.45 bits per heavy atom. The summed E-state index contributed by atoms with van der Waals surface area (Å²) in [5.74, 6) is 0.434. The van der Waals surface area contributed by atoms with Crippen molar-refractivity contribution in [2.75, 3.05) is 12.3 Å². The molecule has 2 rings (SSSR count). The molecule has 2 atom stereocenters. The molecule has 0 amide bonds. The number of hydrogen-bond donors (Lipinski definition) is 0. The van der Waals surface area contributed by atoms with Gasteiger partial charge in [0, 0.05) is 24.9 Å². The number of rotatable bonds is 4. The molecule has 0 N–H and O–H groups in total. The molecule has 1 heterocycles. The minimum Gasteiger partial charge on any atom is -0.299 e. The highest BCUT2D eigenvalue weighted by molar-refractivity contribution is 7.89. The van der Waals surface area contributed by atoms with Crippen LogP contribution < -0.4 is 0 Å². The third-order valence-corrected chi connectivity index (χ3v) is 6.42. The van der Waals surface area contributed by atoms with E-state index in [9.17, 15) is 13.2 Å². The number of nitrogens with zero attached hydrogens (tertiary/aromatic N) is 1. The van der Waals surface area contributed by atoms with Crippen molar-refractivity contribution in [2.45, 2.75) is 65.3 Å². The number of sulfonamides is 1. The van der Waals surface area contributed by atoms with E-state index in [1.54, 1.807) is 4.31 Å². The van der Waals surface area contributed by atoms with Gasteiger partial charge in [0.15, 0.2) is 0 Å². The summed E-state index contributed by atoms with van der Waals surface area (Å²) in [6.45, 7) is 6.78. The molecule has 1 saturated heterocycles. The van der Waals surface area contributed by atoms with Crippen LogP contribution in [-0.4, -0.2) is 36.8 Å². The first-order valence-corrected chi connectivity index (χ1v) is 9.34. The van der Waals surface area contributed by atoms with Gasteiger partial charge in [0.2, 0.25) is 10.0 Å². The Labute approximate surface area is 123 Å². The van der Waals surface area contributed by atoms with Crippen molar-refractivity contribution in [3.63, 3.8) is 0 Å². The summed E-state index contributed by atoms with van der Waals surface area (Å²) in [5, 5.41) is 0. The van der Waals surface area contributed by atoms with Gasteiger partial charge in [-0.2, -0.15) is 4.31 Å². The summed E-state index contributed by atoms with van der Waals surface area (Å²) in [6.07, 6.45) is 4.84. The first-order valence-electron chi connectivity index (χ1n) is 7.73. The molecular weight excluding hydrogens is 274 g/mol. The molecule has 0 aromatic carbocycles. The van der Waals surface area contributed by atoms with Gasteiger partial charge in [-0.25, -0.2) is 8.42 Å². The zero-order valence-corrected chi connectivity index (χ0v) is 13.7. The molecule has 2 unspecified atom stereocenters. The van der Waals surface area contributed by atoms with E-state index < -0.39 is 10.0 Å². The highest BCUT2D eigenvalue weighted by atomic mass is 32.2. The Balaban J connectivity index is 2.07. The summed E-state index contributed by atoms with van der Waals surface area (Å²) in [4.78, 5) is 11.9. The molecule has 0 radical (unpaired) electrons. The van der Waals surface area contributed by atoms with Crippen LogP contribution in [0.2, 0.25) is 0 Å². The Hall–Kier alpha value is -0.420. The van der Waals surface area contributed by atoms with E-state index in [-0.39, 0.29) is 28.9 Å². The average molecular weight is 301 g/mol. The monoisotopic (exact) mass is 301 g/mol. The van der Waals surface area contributed by atoms with Gasteiger partial charge in [0.1, 0.15) is 5.78 Å². The standard InChI is InChI=1S/C15H27NO3S/c1-15(2,3)9-11-20(18,19)16-10-5-7-13(16)12-6-4-8-14(12)17/h12-13H,4-11H2,1-3H3. The van der Waals surface area contributed by atoms with E-state index in [4.69, 9.17) is 0 Å². The summed E-state index contributed by atoms with van der Waals surface area (Å²) >= 11 is 0. The molecule has 1 saturated carbocycles. The largest absolute Gasteiger partial charge is 0.299 e. The molecule has 116 valence electrons. The maximum Gasteiger partial charge on any atom is 0.214 e. The zero-order chi connectivity index (χ0) is 15.0. The fourth-order valence-electron chi connectivity index (χ4n) is 3.32. The molecule has 0 aromatic rings. The molecule has 1 aliphatic heterocycles. The Bertz CT molecular complexity index is 464. The van der Waals surface area contributed by atoms with Crippen LogP contribution >= 0.6 is 0 Å². The summed E-state index contributed by atoms with van der Waals surface area (Å²) in [7, 11) is -3.22. The molecule has 0 aromatic heterocycles. The van der Waals surface area contributed by atoms with Gasteiger partial charge >= 0.3 is 0 Å². The smallest absolute Gasteiger partial charge is 0.214 e. The second-order valence-electron chi connectivity index (χ2n) is 7.41. The van der Waals surface area contributed by atoms with Gasteiger partial charge < -0.3 is 0 Å². The maximum absolute atomic E-state index is 12.6. The van der Waals surface area contributed by atoms with Crippen molar-refractivity contribution < 1.29 is 13.2 Å². The van der Waals surface area contributed by atoms with E-state index in [0.29, 0.717) is 19.4 Å². The van der Waals surface area contributed by atoms with Crippen molar-refractivity contribution >= 4 is 15.8 Å². The van der Waals surface area contributed by atoms with Crippen molar-refractivity contribution in [3.8, 4) is 0 Å². The summed E-state index contributed by atoms with van der Waals surface area (Å²) in [6, 6.07) is -0.0602. The SMILES string of the molecule is CC(C)(C)CCS(=O)(=O)N1CCCC1C1CCCC1=O. The lowest BCUT2D eigenvalue weighted by atomic mass is 9.94. The van der Waals surface area contributed by atoms with Gasteiger partial charge in [0.25, 0.3) is 0 Å². The second kappa shape index (κ2) is 5.76. The molecule has 2 aliphatic rings. The predicted molar refractivity (Wildman–Crippen MR) is 79.9 cm³/mol. The van der Waals surface area contributed by atoms with Gasteiger partial charge in [-0.05, 0) is 37.5 Å². The molecule has 20 heavy (non-hydrogen) atoms. The lowest BCUT2D eigenvalue weighted by Crippen LogP contribution is -2.42. The van der Waals surface area contributed by atoms with Crippen LogP contribution in [0, 0.1) is 11.3 Å². The minimum atomic E-state index is -3.22. The molecule has 0 spiro atoms. The second-order valence-corrected chi connectivity index (χ2v) is 9.45. The summed E-state index contributed by atoms with van der Waals surface area (Å²) < 4.78 is 26.8. The molecule has 5 heteroatoms. The van der Waals surface area contributed by atoms with E-state index in [0.717, 1.165) is 25.7 Å². The number of hydrogen-bond acceptors (Lipinski definition) is 3. The predicted octanol–water partition coefficient (Wildman–Crippen LogP) is 2.59. The number of carbonyl (C=O) groups is 1. The Morgan fingerprint density at radius 2 is 1.90 bits per heavy atom. The van der Waals surface area contributed by atoms with E-state index in [2.05, 4.69) is 20.8 Å². The van der Waals surface area contributed by atoms with Crippen molar-refractivity contribution in [1.29, 1.82) is 0 Å². The number of Topliss-reactive ketones (excluding diaryl/α,β-unsaturated/α-hetero) is 1. The van der Waals surface area contributed by atoms with Gasteiger partial charge in [-0.1, -0.05) is 20.8 Å². The first kappa shape index (κ1) is 16.0. The zero-order valence-electron chi connectivity index (χ0n) is 12.9.